The number of hydrogen-bond acceptors (Lipinski definition) is 7. The van der Waals surface area contributed by atoms with E-state index < -0.39 is 24.1 Å². The van der Waals surface area contributed by atoms with Gasteiger partial charge >= 0.3 is 5.97 Å². The van der Waals surface area contributed by atoms with Gasteiger partial charge in [-0.3, -0.25) is 14.9 Å². The molecular weight excluding hydrogens is 591 g/mol. The molecule has 1 fully saturated rings. The van der Waals surface area contributed by atoms with Gasteiger partial charge in [0.2, 0.25) is 12.1 Å². The third-order valence-electron chi connectivity index (χ3n) is 6.94. The first kappa shape index (κ1) is 28.6. The number of rotatable bonds is 5. The number of carbonyl (C=O) groups is 3. The van der Waals surface area contributed by atoms with Crippen LogP contribution >= 0.6 is 34.5 Å². The molecule has 0 unspecified atom stereocenters. The number of carboxylic acid groups (broad SMARTS) is 1. The lowest BCUT2D eigenvalue weighted by molar-refractivity contribution is -0.139. The van der Waals surface area contributed by atoms with Crippen LogP contribution in [0.5, 0.6) is 0 Å². The van der Waals surface area contributed by atoms with Crippen LogP contribution in [0.4, 0.5) is 0 Å². The van der Waals surface area contributed by atoms with Gasteiger partial charge in [-0.1, -0.05) is 41.4 Å². The number of nitrogens with zero attached hydrogens (tertiary/aromatic N) is 4. The number of thiophene rings is 1. The second-order valence-corrected chi connectivity index (χ2v) is 11.5. The first-order valence-electron chi connectivity index (χ1n) is 12.6. The highest BCUT2D eigenvalue weighted by molar-refractivity contribution is 7.20. The summed E-state index contributed by atoms with van der Waals surface area (Å²) >= 11 is 14.5. The molecule has 3 heterocycles. The lowest BCUT2D eigenvalue weighted by atomic mass is 9.96. The molecule has 5 rings (SSSR count). The lowest BCUT2D eigenvalue weighted by Crippen LogP contribution is -2.45. The van der Waals surface area contributed by atoms with Crippen LogP contribution in [0.25, 0.3) is 10.1 Å². The molecule has 41 heavy (non-hydrogen) atoms. The van der Waals surface area contributed by atoms with E-state index >= 15 is 0 Å². The minimum atomic E-state index is -1.77. The van der Waals surface area contributed by atoms with Crippen molar-refractivity contribution in [2.45, 2.75) is 31.7 Å². The van der Waals surface area contributed by atoms with Crippen molar-refractivity contribution >= 4 is 68.4 Å². The summed E-state index contributed by atoms with van der Waals surface area (Å²) in [7, 11) is 0. The third kappa shape index (κ3) is 5.94. The largest absolute Gasteiger partial charge is 0.478 e. The lowest BCUT2D eigenvalue weighted by Gasteiger charge is -2.30. The number of carboxylic acids is 1. The zero-order chi connectivity index (χ0) is 29.3. The first-order chi connectivity index (χ1) is 19.7. The van der Waals surface area contributed by atoms with E-state index in [9.17, 15) is 24.6 Å². The zero-order valence-electron chi connectivity index (χ0n) is 21.4. The van der Waals surface area contributed by atoms with Crippen molar-refractivity contribution in [3.8, 4) is 6.19 Å². The fraction of sp³-hybridized carbons (Fsp3) is 0.296. The Kier molecular flexibility index (Phi) is 8.32. The molecule has 0 aliphatic carbocycles. The number of aliphatic hydroxyl groups is 1. The first-order valence-corrected chi connectivity index (χ1v) is 14.2. The van der Waals surface area contributed by atoms with Crippen molar-refractivity contribution in [3.05, 3.63) is 68.0 Å². The molecule has 0 spiro atoms. The molecule has 14 heteroatoms. The van der Waals surface area contributed by atoms with Crippen LogP contribution in [0.1, 0.15) is 37.6 Å². The number of amides is 2. The predicted octanol–water partition coefficient (Wildman–Crippen LogP) is 3.04. The number of hydrogen-bond donors (Lipinski definition) is 4. The molecule has 2 aliphatic rings. The molecule has 11 nitrogen and oxygen atoms in total. The van der Waals surface area contributed by atoms with E-state index in [4.69, 9.17) is 28.5 Å². The molecule has 2 amide bonds. The van der Waals surface area contributed by atoms with E-state index in [2.05, 4.69) is 15.6 Å². The fourth-order valence-corrected chi connectivity index (χ4v) is 6.72. The number of fused-ring (bicyclic) bond motifs is 2. The van der Waals surface area contributed by atoms with E-state index in [-0.39, 0.29) is 40.6 Å². The molecular formula is C27H24Cl2N6O5S. The Morgan fingerprint density at radius 2 is 1.95 bits per heavy atom. The molecule has 3 aromatic rings. The van der Waals surface area contributed by atoms with Gasteiger partial charge < -0.3 is 25.3 Å². The Hall–Kier alpha value is -3.89. The topological polar surface area (TPSA) is 158 Å². The van der Waals surface area contributed by atoms with Gasteiger partial charge in [-0.2, -0.15) is 5.26 Å². The van der Waals surface area contributed by atoms with Crippen LogP contribution in [0.3, 0.4) is 0 Å². The Morgan fingerprint density at radius 1 is 1.17 bits per heavy atom. The number of nitriles is 1. The molecule has 1 aromatic heterocycles. The quantitative estimate of drug-likeness (QED) is 0.148. The van der Waals surface area contributed by atoms with Crippen LogP contribution in [-0.2, 0) is 17.8 Å². The highest BCUT2D eigenvalue weighted by atomic mass is 35.5. The van der Waals surface area contributed by atoms with Crippen molar-refractivity contribution in [2.24, 2.45) is 4.99 Å². The second-order valence-electron chi connectivity index (χ2n) is 9.60. The molecule has 2 atom stereocenters. The summed E-state index contributed by atoms with van der Waals surface area (Å²) in [5, 5.41) is 34.3. The van der Waals surface area contributed by atoms with Crippen molar-refractivity contribution in [1.82, 2.24) is 20.4 Å². The maximum Gasteiger partial charge on any atom is 0.349 e. The van der Waals surface area contributed by atoms with E-state index in [0.29, 0.717) is 41.9 Å². The average Bonchev–Trinajstić information content (AvgIpc) is 3.57. The molecule has 0 saturated carbocycles. The van der Waals surface area contributed by atoms with Crippen LogP contribution in [0, 0.1) is 11.5 Å². The van der Waals surface area contributed by atoms with Gasteiger partial charge in [-0.15, -0.1) is 11.3 Å². The van der Waals surface area contributed by atoms with Gasteiger partial charge in [-0.25, -0.2) is 9.79 Å². The standard InChI is InChI=1S/C27H24Cl2N6O5S/c28-18-9-15-11-34(25(38)20-10-14-3-1-2-4-19(14)41-20)8-6-17(15)22(29)21(18)24(37)32-23(26(39)40)33-27(31-13-30)35-7-5-16(36)12-35/h1-4,9-10,16,23,36H,5-8,11-12H2,(H,31,33)(H,32,37)(H,39,40)/t16-,23-/m0/s1. The fourth-order valence-electron chi connectivity index (χ4n) is 4.92. The number of aliphatic carboxylic acids is 1. The van der Waals surface area contributed by atoms with Crippen molar-refractivity contribution in [1.29, 1.82) is 5.26 Å². The SMILES string of the molecule is N#CNC(=N[C@H](NC(=O)c1c(Cl)cc2c(c1Cl)CCN(C(=O)c1cc3ccccc3s1)C2)C(=O)O)N1CC[C@H](O)C1. The van der Waals surface area contributed by atoms with Gasteiger partial charge in [0.15, 0.2) is 6.19 Å². The summed E-state index contributed by atoms with van der Waals surface area (Å²) in [4.78, 5) is 46.3. The van der Waals surface area contributed by atoms with Crippen LogP contribution < -0.4 is 10.6 Å². The summed E-state index contributed by atoms with van der Waals surface area (Å²) in [6, 6.07) is 11.2. The number of β-amino-alcohol motifs (C(OH)–C–C–N with tert-alkyl or cyclic N) is 1. The monoisotopic (exact) mass is 614 g/mol. The Bertz CT molecular complexity index is 1590. The number of halogens is 2. The summed E-state index contributed by atoms with van der Waals surface area (Å²) in [6.45, 7) is 1.12. The van der Waals surface area contributed by atoms with Gasteiger partial charge in [-0.05, 0) is 47.6 Å². The van der Waals surface area contributed by atoms with Crippen LogP contribution in [0.15, 0.2) is 41.4 Å². The number of nitrogens with one attached hydrogen (secondary N) is 2. The molecule has 0 bridgehead atoms. The van der Waals surface area contributed by atoms with Crippen LogP contribution in [0.2, 0.25) is 10.0 Å². The summed E-state index contributed by atoms with van der Waals surface area (Å²) < 4.78 is 1.02. The van der Waals surface area contributed by atoms with Gasteiger partial charge in [0.05, 0.1) is 26.6 Å². The van der Waals surface area contributed by atoms with E-state index in [1.807, 2.05) is 30.3 Å². The number of carbonyl (C=O) groups excluding carboxylic acids is 2. The maximum absolute atomic E-state index is 13.3. The van der Waals surface area contributed by atoms with Crippen LogP contribution in [-0.4, -0.2) is 75.7 Å². The average molecular weight is 615 g/mol. The second kappa shape index (κ2) is 11.9. The number of likely N-dealkylation sites (tertiary alicyclic amines) is 1. The molecule has 0 radical (unpaired) electrons. The van der Waals surface area contributed by atoms with E-state index in [0.717, 1.165) is 10.1 Å². The minimum Gasteiger partial charge on any atom is -0.478 e. The molecule has 212 valence electrons. The van der Waals surface area contributed by atoms with Crippen molar-refractivity contribution in [3.63, 3.8) is 0 Å². The smallest absolute Gasteiger partial charge is 0.349 e. The number of benzene rings is 2. The summed E-state index contributed by atoms with van der Waals surface area (Å²) in [5.74, 6) is -2.54. The third-order valence-corrected chi connectivity index (χ3v) is 8.76. The Balaban J connectivity index is 1.36. The van der Waals surface area contributed by atoms with Crippen molar-refractivity contribution in [2.75, 3.05) is 19.6 Å². The minimum absolute atomic E-state index is 0.00596. The molecule has 2 aromatic carbocycles. The molecule has 4 N–H and O–H groups in total. The highest BCUT2D eigenvalue weighted by Gasteiger charge is 2.31. The number of aliphatic imine (C=N–C) groups is 1. The number of aliphatic hydroxyl groups excluding tert-OH is 1. The summed E-state index contributed by atoms with van der Waals surface area (Å²) in [6.07, 6.45) is 0.0622. The predicted molar refractivity (Wildman–Crippen MR) is 154 cm³/mol. The normalized spacial score (nSPS) is 17.6. The molecule has 2 aliphatic heterocycles. The number of guanidine groups is 1. The Morgan fingerprint density at radius 3 is 2.63 bits per heavy atom. The van der Waals surface area contributed by atoms with E-state index in [1.165, 1.54) is 16.2 Å². The van der Waals surface area contributed by atoms with Crippen molar-refractivity contribution < 1.29 is 24.6 Å². The van der Waals surface area contributed by atoms with E-state index in [1.54, 1.807) is 17.2 Å². The van der Waals surface area contributed by atoms with Gasteiger partial charge in [0.25, 0.3) is 11.8 Å². The van der Waals surface area contributed by atoms with Gasteiger partial charge in [0.1, 0.15) is 0 Å². The molecule has 1 saturated heterocycles. The highest BCUT2D eigenvalue weighted by Crippen LogP contribution is 2.36. The Labute approximate surface area is 248 Å². The zero-order valence-corrected chi connectivity index (χ0v) is 23.8. The van der Waals surface area contributed by atoms with Gasteiger partial charge in [0, 0.05) is 30.9 Å². The summed E-state index contributed by atoms with van der Waals surface area (Å²) in [5.41, 5.74) is 1.23. The maximum atomic E-state index is 13.3.